The molecule has 3 rings (SSSR count). The molecule has 0 radical (unpaired) electrons. The second-order valence-electron chi connectivity index (χ2n) is 6.09. The predicted molar refractivity (Wildman–Crippen MR) is 92.5 cm³/mol. The van der Waals surface area contributed by atoms with Crippen LogP contribution in [0.2, 0.25) is 0 Å². The number of piperidine rings is 1. The summed E-state index contributed by atoms with van der Waals surface area (Å²) in [5.41, 5.74) is 2.91. The Morgan fingerprint density at radius 1 is 1.09 bits per heavy atom. The van der Waals surface area contributed by atoms with E-state index in [-0.39, 0.29) is 5.91 Å². The Hall–Kier alpha value is -2.36. The average molecular weight is 309 g/mol. The van der Waals surface area contributed by atoms with Crippen molar-refractivity contribution < 1.29 is 4.79 Å². The fourth-order valence-electron chi connectivity index (χ4n) is 2.99. The summed E-state index contributed by atoms with van der Waals surface area (Å²) in [6.07, 6.45) is 5.55. The molecule has 1 saturated heterocycles. The van der Waals surface area contributed by atoms with Crippen LogP contribution in [0.1, 0.15) is 35.3 Å². The van der Waals surface area contributed by atoms with E-state index in [9.17, 15) is 4.79 Å². The van der Waals surface area contributed by atoms with Gasteiger partial charge in [-0.1, -0.05) is 18.2 Å². The Bertz CT molecular complexity index is 633. The largest absolute Gasteiger partial charge is 0.372 e. The van der Waals surface area contributed by atoms with Crippen molar-refractivity contribution in [3.8, 4) is 0 Å². The van der Waals surface area contributed by atoms with Crippen molar-refractivity contribution in [2.24, 2.45) is 0 Å². The van der Waals surface area contributed by atoms with Crippen molar-refractivity contribution in [1.82, 2.24) is 9.88 Å². The van der Waals surface area contributed by atoms with E-state index in [0.29, 0.717) is 12.2 Å². The van der Waals surface area contributed by atoms with Gasteiger partial charge in [-0.05, 0) is 49.1 Å². The molecule has 1 aromatic carbocycles. The lowest BCUT2D eigenvalue weighted by molar-refractivity contribution is 0.0779. The zero-order valence-electron chi connectivity index (χ0n) is 13.6. The van der Waals surface area contributed by atoms with E-state index in [1.165, 1.54) is 24.9 Å². The normalized spacial score (nSPS) is 14.6. The molecule has 0 bridgehead atoms. The number of amides is 1. The molecular weight excluding hydrogens is 286 g/mol. The lowest BCUT2D eigenvalue weighted by Gasteiger charge is -2.29. The van der Waals surface area contributed by atoms with Gasteiger partial charge in [0.15, 0.2) is 0 Å². The summed E-state index contributed by atoms with van der Waals surface area (Å²) in [4.78, 5) is 20.6. The molecule has 4 heteroatoms. The summed E-state index contributed by atoms with van der Waals surface area (Å²) < 4.78 is 0. The summed E-state index contributed by atoms with van der Waals surface area (Å²) in [6, 6.07) is 14.0. The molecule has 23 heavy (non-hydrogen) atoms. The highest BCUT2D eigenvalue weighted by Gasteiger charge is 2.14. The third-order valence-electron chi connectivity index (χ3n) is 4.31. The summed E-state index contributed by atoms with van der Waals surface area (Å²) in [6.45, 7) is 2.89. The second kappa shape index (κ2) is 7.27. The number of pyridine rings is 1. The number of rotatable bonds is 4. The quantitative estimate of drug-likeness (QED) is 0.869. The number of nitrogens with zero attached hydrogens (tertiary/aromatic N) is 3. The molecule has 0 spiro atoms. The monoisotopic (exact) mass is 309 g/mol. The van der Waals surface area contributed by atoms with E-state index >= 15 is 0 Å². The molecule has 1 aliphatic heterocycles. The maximum atomic E-state index is 12.3. The first kappa shape index (κ1) is 15.5. The zero-order valence-corrected chi connectivity index (χ0v) is 13.6. The van der Waals surface area contributed by atoms with Gasteiger partial charge in [-0.25, -0.2) is 0 Å². The third kappa shape index (κ3) is 3.89. The van der Waals surface area contributed by atoms with Crippen LogP contribution < -0.4 is 4.90 Å². The molecular formula is C19H23N3O. The molecule has 0 atom stereocenters. The first-order chi connectivity index (χ1) is 11.2. The van der Waals surface area contributed by atoms with Crippen LogP contribution in [0.4, 0.5) is 5.69 Å². The fraction of sp³-hybridized carbons (Fsp3) is 0.368. The smallest absolute Gasteiger partial charge is 0.272 e. The van der Waals surface area contributed by atoms with Crippen LogP contribution in [0.25, 0.3) is 0 Å². The summed E-state index contributed by atoms with van der Waals surface area (Å²) in [5, 5.41) is 0. The summed E-state index contributed by atoms with van der Waals surface area (Å²) in [7, 11) is 1.82. The molecule has 2 heterocycles. The third-order valence-corrected chi connectivity index (χ3v) is 4.31. The van der Waals surface area contributed by atoms with Crippen molar-refractivity contribution in [1.29, 1.82) is 0 Å². The average Bonchev–Trinajstić information content (AvgIpc) is 2.63. The Labute approximate surface area is 137 Å². The fourth-order valence-corrected chi connectivity index (χ4v) is 2.99. The van der Waals surface area contributed by atoms with Crippen LogP contribution in [0.15, 0.2) is 48.7 Å². The Kier molecular flexibility index (Phi) is 4.91. The number of hydrogen-bond acceptors (Lipinski definition) is 3. The topological polar surface area (TPSA) is 36.4 Å². The molecule has 1 amide bonds. The van der Waals surface area contributed by atoms with Gasteiger partial charge in [-0.15, -0.1) is 0 Å². The van der Waals surface area contributed by atoms with Crippen molar-refractivity contribution in [3.05, 3.63) is 59.9 Å². The van der Waals surface area contributed by atoms with Gasteiger partial charge in [-0.3, -0.25) is 9.78 Å². The van der Waals surface area contributed by atoms with Crippen LogP contribution in [-0.4, -0.2) is 35.9 Å². The van der Waals surface area contributed by atoms with Gasteiger partial charge in [0.2, 0.25) is 0 Å². The van der Waals surface area contributed by atoms with E-state index in [4.69, 9.17) is 0 Å². The molecule has 1 aliphatic rings. The minimum absolute atomic E-state index is 0.0503. The second-order valence-corrected chi connectivity index (χ2v) is 6.09. The molecule has 1 fully saturated rings. The van der Waals surface area contributed by atoms with Crippen molar-refractivity contribution in [2.45, 2.75) is 25.8 Å². The molecule has 1 aromatic heterocycles. The lowest BCUT2D eigenvalue weighted by atomic mass is 10.1. The molecule has 0 aliphatic carbocycles. The van der Waals surface area contributed by atoms with Crippen LogP contribution in [0, 0.1) is 0 Å². The highest BCUT2D eigenvalue weighted by molar-refractivity contribution is 5.91. The highest BCUT2D eigenvalue weighted by Crippen LogP contribution is 2.20. The van der Waals surface area contributed by atoms with E-state index in [2.05, 4.69) is 34.1 Å². The minimum atomic E-state index is -0.0503. The van der Waals surface area contributed by atoms with Crippen molar-refractivity contribution in [3.63, 3.8) is 0 Å². The number of benzene rings is 1. The molecule has 2 aromatic rings. The van der Waals surface area contributed by atoms with Gasteiger partial charge < -0.3 is 9.80 Å². The van der Waals surface area contributed by atoms with Crippen LogP contribution in [0.5, 0.6) is 0 Å². The maximum Gasteiger partial charge on any atom is 0.272 e. The van der Waals surface area contributed by atoms with Crippen LogP contribution in [-0.2, 0) is 6.54 Å². The first-order valence-electron chi connectivity index (χ1n) is 8.24. The number of anilines is 1. The summed E-state index contributed by atoms with van der Waals surface area (Å²) >= 11 is 0. The standard InChI is InChI=1S/C19H23N3O/c1-21(19(23)18-7-3-4-12-20-18)15-16-8-10-17(11-9-16)22-13-5-2-6-14-22/h3-4,7-12H,2,5-6,13-15H2,1H3. The van der Waals surface area contributed by atoms with Gasteiger partial charge in [0.25, 0.3) is 5.91 Å². The van der Waals surface area contributed by atoms with Crippen LogP contribution in [0.3, 0.4) is 0 Å². The zero-order chi connectivity index (χ0) is 16.1. The Morgan fingerprint density at radius 3 is 2.48 bits per heavy atom. The minimum Gasteiger partial charge on any atom is -0.372 e. The number of carbonyl (C=O) groups is 1. The Morgan fingerprint density at radius 2 is 1.83 bits per heavy atom. The van der Waals surface area contributed by atoms with Crippen molar-refractivity contribution >= 4 is 11.6 Å². The highest BCUT2D eigenvalue weighted by atomic mass is 16.2. The van der Waals surface area contributed by atoms with E-state index in [0.717, 1.165) is 18.7 Å². The maximum absolute atomic E-state index is 12.3. The van der Waals surface area contributed by atoms with Gasteiger partial charge in [0.05, 0.1) is 0 Å². The van der Waals surface area contributed by atoms with Gasteiger partial charge in [0.1, 0.15) is 5.69 Å². The van der Waals surface area contributed by atoms with E-state index in [1.807, 2.05) is 19.2 Å². The van der Waals surface area contributed by atoms with E-state index < -0.39 is 0 Å². The van der Waals surface area contributed by atoms with E-state index in [1.54, 1.807) is 17.2 Å². The first-order valence-corrected chi connectivity index (χ1v) is 8.24. The summed E-state index contributed by atoms with van der Waals surface area (Å²) in [5.74, 6) is -0.0503. The van der Waals surface area contributed by atoms with Crippen molar-refractivity contribution in [2.75, 3.05) is 25.0 Å². The lowest BCUT2D eigenvalue weighted by Crippen LogP contribution is -2.29. The van der Waals surface area contributed by atoms with Crippen LogP contribution >= 0.6 is 0 Å². The SMILES string of the molecule is CN(Cc1ccc(N2CCCCC2)cc1)C(=O)c1ccccn1. The number of hydrogen-bond donors (Lipinski definition) is 0. The predicted octanol–water partition coefficient (Wildman–Crippen LogP) is 3.34. The molecule has 0 unspecified atom stereocenters. The number of aromatic nitrogens is 1. The molecule has 120 valence electrons. The molecule has 0 N–H and O–H groups in total. The van der Waals surface area contributed by atoms with Gasteiger partial charge >= 0.3 is 0 Å². The number of carbonyl (C=O) groups excluding carboxylic acids is 1. The molecule has 4 nitrogen and oxygen atoms in total. The van der Waals surface area contributed by atoms with Gasteiger partial charge in [0, 0.05) is 38.6 Å². The molecule has 0 saturated carbocycles. The van der Waals surface area contributed by atoms with Gasteiger partial charge in [-0.2, -0.15) is 0 Å². The Balaban J connectivity index is 1.62.